The molecule has 2 unspecified atom stereocenters. The van der Waals surface area contributed by atoms with Crippen molar-refractivity contribution in [3.05, 3.63) is 0 Å². The van der Waals surface area contributed by atoms with Crippen molar-refractivity contribution in [3.63, 3.8) is 0 Å². The molecule has 0 aromatic heterocycles. The lowest BCUT2D eigenvalue weighted by molar-refractivity contribution is 0.230. The lowest BCUT2D eigenvalue weighted by atomic mass is 9.92. The number of unbranched alkanes of at least 4 members (excludes halogenated alkanes) is 1. The smallest absolute Gasteiger partial charge is 0.214 e. The van der Waals surface area contributed by atoms with Gasteiger partial charge in [-0.05, 0) is 18.8 Å². The number of rotatable bonds is 5. The van der Waals surface area contributed by atoms with Crippen LogP contribution in [0.2, 0.25) is 0 Å². The Morgan fingerprint density at radius 2 is 2.06 bits per heavy atom. The first kappa shape index (κ1) is 13.9. The molecule has 1 fully saturated rings. The van der Waals surface area contributed by atoms with E-state index in [2.05, 4.69) is 6.92 Å². The Hall–Kier alpha value is -0.130. The van der Waals surface area contributed by atoms with E-state index in [0.29, 0.717) is 19.0 Å². The average Bonchev–Trinajstić information content (AvgIpc) is 2.27. The summed E-state index contributed by atoms with van der Waals surface area (Å²) in [6.45, 7) is 5.30. The van der Waals surface area contributed by atoms with E-state index < -0.39 is 10.0 Å². The molecule has 1 rings (SSSR count). The molecule has 0 aromatic carbocycles. The fraction of sp³-hybridized carbons (Fsp3) is 1.00. The summed E-state index contributed by atoms with van der Waals surface area (Å²) >= 11 is 0. The molecular weight excluding hydrogens is 224 g/mol. The van der Waals surface area contributed by atoms with Gasteiger partial charge in [-0.25, -0.2) is 12.7 Å². The molecule has 1 heterocycles. The number of sulfonamides is 1. The molecule has 0 amide bonds. The van der Waals surface area contributed by atoms with Gasteiger partial charge >= 0.3 is 0 Å². The Balaban J connectivity index is 2.60. The third-order valence-corrected chi connectivity index (χ3v) is 5.35. The van der Waals surface area contributed by atoms with Crippen LogP contribution in [0, 0.1) is 5.92 Å². The molecule has 2 N–H and O–H groups in total. The molecule has 0 aliphatic carbocycles. The predicted octanol–water partition coefficient (Wildman–Crippen LogP) is 1.18. The van der Waals surface area contributed by atoms with Crippen LogP contribution in [0.5, 0.6) is 0 Å². The highest BCUT2D eigenvalue weighted by atomic mass is 32.2. The van der Waals surface area contributed by atoms with Crippen LogP contribution in [0.15, 0.2) is 0 Å². The molecule has 0 saturated carbocycles. The van der Waals surface area contributed by atoms with Gasteiger partial charge in [0.2, 0.25) is 10.0 Å². The molecule has 1 aliphatic heterocycles. The van der Waals surface area contributed by atoms with Gasteiger partial charge in [-0.3, -0.25) is 0 Å². The van der Waals surface area contributed by atoms with E-state index >= 15 is 0 Å². The number of nitrogens with zero attached hydrogens (tertiary/aromatic N) is 1. The van der Waals surface area contributed by atoms with Crippen molar-refractivity contribution in [2.45, 2.75) is 45.6 Å². The molecule has 4 nitrogen and oxygen atoms in total. The average molecular weight is 248 g/mol. The quantitative estimate of drug-likeness (QED) is 0.794. The van der Waals surface area contributed by atoms with Crippen LogP contribution in [0.4, 0.5) is 0 Å². The standard InChI is InChI=1S/C11H24N2O2S/c1-3-5-8-16(14,15)13-7-6-11(12)10(4-2)9-13/h10-11H,3-9,12H2,1-2H3. The second-order valence-electron chi connectivity index (χ2n) is 4.65. The first-order valence-electron chi connectivity index (χ1n) is 6.24. The maximum absolute atomic E-state index is 12.0. The van der Waals surface area contributed by atoms with E-state index in [-0.39, 0.29) is 11.8 Å². The molecular formula is C11H24N2O2S. The van der Waals surface area contributed by atoms with Crippen molar-refractivity contribution < 1.29 is 8.42 Å². The van der Waals surface area contributed by atoms with E-state index in [0.717, 1.165) is 25.7 Å². The van der Waals surface area contributed by atoms with E-state index in [1.54, 1.807) is 4.31 Å². The molecule has 0 radical (unpaired) electrons. The normalized spacial score (nSPS) is 28.2. The van der Waals surface area contributed by atoms with Gasteiger partial charge in [0.25, 0.3) is 0 Å². The topological polar surface area (TPSA) is 63.4 Å². The third kappa shape index (κ3) is 3.43. The molecule has 0 aromatic rings. The Labute approximate surface area is 99.2 Å². The van der Waals surface area contributed by atoms with Crippen LogP contribution in [-0.4, -0.2) is 37.6 Å². The van der Waals surface area contributed by atoms with Gasteiger partial charge in [-0.15, -0.1) is 0 Å². The van der Waals surface area contributed by atoms with Gasteiger partial charge in [-0.1, -0.05) is 26.7 Å². The van der Waals surface area contributed by atoms with Crippen LogP contribution in [0.1, 0.15) is 39.5 Å². The minimum Gasteiger partial charge on any atom is -0.327 e. The lowest BCUT2D eigenvalue weighted by Crippen LogP contribution is -2.49. The van der Waals surface area contributed by atoms with Crippen molar-refractivity contribution >= 4 is 10.0 Å². The number of piperidine rings is 1. The summed E-state index contributed by atoms with van der Waals surface area (Å²) in [4.78, 5) is 0. The summed E-state index contributed by atoms with van der Waals surface area (Å²) in [6, 6.07) is 0.169. The minimum absolute atomic E-state index is 0.169. The fourth-order valence-electron chi connectivity index (χ4n) is 2.16. The van der Waals surface area contributed by atoms with Crippen LogP contribution < -0.4 is 5.73 Å². The summed E-state index contributed by atoms with van der Waals surface area (Å²) < 4.78 is 25.6. The molecule has 0 bridgehead atoms. The zero-order valence-corrected chi connectivity index (χ0v) is 11.2. The second-order valence-corrected chi connectivity index (χ2v) is 6.74. The van der Waals surface area contributed by atoms with Crippen molar-refractivity contribution in [1.82, 2.24) is 4.31 Å². The summed E-state index contributed by atoms with van der Waals surface area (Å²) in [5.41, 5.74) is 5.97. The van der Waals surface area contributed by atoms with Crippen LogP contribution >= 0.6 is 0 Å². The molecule has 1 aliphatic rings. The zero-order valence-electron chi connectivity index (χ0n) is 10.4. The Kier molecular flexibility index (Phi) is 5.21. The molecule has 0 spiro atoms. The van der Waals surface area contributed by atoms with E-state index in [4.69, 9.17) is 5.73 Å². The second kappa shape index (κ2) is 5.98. The highest BCUT2D eigenvalue weighted by Gasteiger charge is 2.31. The molecule has 16 heavy (non-hydrogen) atoms. The SMILES string of the molecule is CCCCS(=O)(=O)N1CCC(N)C(CC)C1. The van der Waals surface area contributed by atoms with E-state index in [1.165, 1.54) is 0 Å². The van der Waals surface area contributed by atoms with Gasteiger partial charge in [-0.2, -0.15) is 0 Å². The van der Waals surface area contributed by atoms with Crippen molar-refractivity contribution in [1.29, 1.82) is 0 Å². The summed E-state index contributed by atoms with van der Waals surface area (Å²) in [7, 11) is -3.03. The van der Waals surface area contributed by atoms with Crippen molar-refractivity contribution in [2.75, 3.05) is 18.8 Å². The predicted molar refractivity (Wildman–Crippen MR) is 66.6 cm³/mol. The number of hydrogen-bond donors (Lipinski definition) is 1. The zero-order chi connectivity index (χ0) is 12.2. The van der Waals surface area contributed by atoms with Crippen LogP contribution in [0.25, 0.3) is 0 Å². The Morgan fingerprint density at radius 3 is 2.62 bits per heavy atom. The molecule has 2 atom stereocenters. The number of nitrogens with two attached hydrogens (primary N) is 1. The lowest BCUT2D eigenvalue weighted by Gasteiger charge is -2.35. The molecule has 5 heteroatoms. The van der Waals surface area contributed by atoms with Gasteiger partial charge in [0, 0.05) is 19.1 Å². The van der Waals surface area contributed by atoms with E-state index in [1.807, 2.05) is 6.92 Å². The van der Waals surface area contributed by atoms with Crippen molar-refractivity contribution in [3.8, 4) is 0 Å². The first-order chi connectivity index (χ1) is 7.51. The first-order valence-corrected chi connectivity index (χ1v) is 7.85. The number of hydrogen-bond acceptors (Lipinski definition) is 3. The van der Waals surface area contributed by atoms with E-state index in [9.17, 15) is 8.42 Å². The maximum Gasteiger partial charge on any atom is 0.214 e. The van der Waals surface area contributed by atoms with Gasteiger partial charge in [0.1, 0.15) is 0 Å². The minimum atomic E-state index is -3.03. The molecule has 96 valence electrons. The third-order valence-electron chi connectivity index (χ3n) is 3.43. The molecule has 1 saturated heterocycles. The van der Waals surface area contributed by atoms with Crippen LogP contribution in [-0.2, 0) is 10.0 Å². The highest BCUT2D eigenvalue weighted by Crippen LogP contribution is 2.21. The van der Waals surface area contributed by atoms with Crippen LogP contribution in [0.3, 0.4) is 0 Å². The highest BCUT2D eigenvalue weighted by molar-refractivity contribution is 7.89. The summed E-state index contributed by atoms with van der Waals surface area (Å²) in [5.74, 6) is 0.611. The van der Waals surface area contributed by atoms with Gasteiger partial charge < -0.3 is 5.73 Å². The van der Waals surface area contributed by atoms with Crippen molar-refractivity contribution in [2.24, 2.45) is 11.7 Å². The Morgan fingerprint density at radius 1 is 1.38 bits per heavy atom. The summed E-state index contributed by atoms with van der Waals surface area (Å²) in [5, 5.41) is 0. The Bertz CT molecular complexity index is 303. The maximum atomic E-state index is 12.0. The fourth-order valence-corrected chi connectivity index (χ4v) is 3.87. The largest absolute Gasteiger partial charge is 0.327 e. The monoisotopic (exact) mass is 248 g/mol. The van der Waals surface area contributed by atoms with Gasteiger partial charge in [0.05, 0.1) is 5.75 Å². The van der Waals surface area contributed by atoms with Gasteiger partial charge in [0.15, 0.2) is 0 Å². The summed E-state index contributed by atoms with van der Waals surface area (Å²) in [6.07, 6.45) is 3.43.